The van der Waals surface area contributed by atoms with Crippen molar-refractivity contribution in [3.63, 3.8) is 0 Å². The minimum atomic E-state index is -0.292. The number of para-hydroxylation sites is 2. The lowest BCUT2D eigenvalue weighted by atomic mass is 10.2. The third-order valence-corrected chi connectivity index (χ3v) is 6.29. The highest BCUT2D eigenvalue weighted by atomic mass is 32.2. The number of nitrogens with one attached hydrogen (secondary N) is 1. The first-order valence-electron chi connectivity index (χ1n) is 10.6. The number of hydrogen-bond donors (Lipinski definition) is 1. The van der Waals surface area contributed by atoms with Crippen molar-refractivity contribution in [1.29, 1.82) is 5.26 Å². The molecule has 172 valence electrons. The van der Waals surface area contributed by atoms with E-state index >= 15 is 0 Å². The SMILES string of the molecule is COc1cccc(-n2c(=O)c3ccccc3n3c(SCC(=O)Nc4ccccc4C#N)nnc23)c1. The molecule has 0 aliphatic heterocycles. The molecule has 3 aromatic carbocycles. The Morgan fingerprint density at radius 1 is 1.09 bits per heavy atom. The fourth-order valence-electron chi connectivity index (χ4n) is 3.76. The van der Waals surface area contributed by atoms with Crippen LogP contribution >= 0.6 is 11.8 Å². The lowest BCUT2D eigenvalue weighted by molar-refractivity contribution is -0.113. The Balaban J connectivity index is 1.55. The topological polar surface area (TPSA) is 114 Å². The number of rotatable bonds is 6. The van der Waals surface area contributed by atoms with Crippen molar-refractivity contribution in [1.82, 2.24) is 19.2 Å². The van der Waals surface area contributed by atoms with E-state index in [2.05, 4.69) is 21.6 Å². The summed E-state index contributed by atoms with van der Waals surface area (Å²) in [5, 5.41) is 21.5. The zero-order valence-electron chi connectivity index (χ0n) is 18.5. The molecule has 5 aromatic rings. The molecule has 2 aromatic heterocycles. The highest BCUT2D eigenvalue weighted by Crippen LogP contribution is 2.25. The molecule has 1 N–H and O–H groups in total. The van der Waals surface area contributed by atoms with Gasteiger partial charge in [-0.15, -0.1) is 10.2 Å². The van der Waals surface area contributed by atoms with E-state index < -0.39 is 0 Å². The second-order valence-corrected chi connectivity index (χ2v) is 8.41. The molecule has 9 nitrogen and oxygen atoms in total. The van der Waals surface area contributed by atoms with Crippen LogP contribution in [0.2, 0.25) is 0 Å². The zero-order valence-corrected chi connectivity index (χ0v) is 19.3. The van der Waals surface area contributed by atoms with Gasteiger partial charge in [-0.3, -0.25) is 14.0 Å². The second-order valence-electron chi connectivity index (χ2n) is 7.47. The van der Waals surface area contributed by atoms with Gasteiger partial charge in [-0.05, 0) is 36.4 Å². The number of ether oxygens (including phenoxy) is 1. The van der Waals surface area contributed by atoms with Crippen LogP contribution in [-0.4, -0.2) is 37.9 Å². The van der Waals surface area contributed by atoms with Gasteiger partial charge in [-0.1, -0.05) is 42.1 Å². The van der Waals surface area contributed by atoms with Crippen LogP contribution in [0.5, 0.6) is 5.75 Å². The number of nitriles is 1. The van der Waals surface area contributed by atoms with E-state index in [1.54, 1.807) is 72.2 Å². The summed E-state index contributed by atoms with van der Waals surface area (Å²) in [6.45, 7) is 0. The van der Waals surface area contributed by atoms with Gasteiger partial charge in [0.1, 0.15) is 11.8 Å². The largest absolute Gasteiger partial charge is 0.497 e. The maximum atomic E-state index is 13.4. The first-order chi connectivity index (χ1) is 17.1. The molecule has 0 unspecified atom stereocenters. The summed E-state index contributed by atoms with van der Waals surface area (Å²) >= 11 is 1.18. The van der Waals surface area contributed by atoms with Gasteiger partial charge in [0, 0.05) is 6.07 Å². The van der Waals surface area contributed by atoms with E-state index in [0.29, 0.717) is 44.5 Å². The van der Waals surface area contributed by atoms with E-state index in [4.69, 9.17) is 4.74 Å². The van der Waals surface area contributed by atoms with Crippen LogP contribution in [0.3, 0.4) is 0 Å². The summed E-state index contributed by atoms with van der Waals surface area (Å²) in [5.74, 6) is 0.663. The first kappa shape index (κ1) is 22.2. The molecular weight excluding hydrogens is 464 g/mol. The zero-order chi connectivity index (χ0) is 24.4. The molecule has 0 aliphatic rings. The van der Waals surface area contributed by atoms with Crippen LogP contribution in [-0.2, 0) is 4.79 Å². The van der Waals surface area contributed by atoms with Crippen molar-refractivity contribution >= 4 is 40.0 Å². The third-order valence-electron chi connectivity index (χ3n) is 5.36. The highest BCUT2D eigenvalue weighted by Gasteiger charge is 2.19. The first-order valence-corrected chi connectivity index (χ1v) is 11.5. The number of methoxy groups -OCH3 is 1. The van der Waals surface area contributed by atoms with E-state index in [1.807, 2.05) is 12.1 Å². The molecule has 1 amide bonds. The standard InChI is InChI=1S/C25H18N6O3S/c1-34-18-9-6-8-17(13-18)30-23(33)19-10-3-5-12-21(19)31-24(30)28-29-25(31)35-15-22(32)27-20-11-4-2-7-16(20)14-26/h2-13H,15H2,1H3,(H,27,32). The fraction of sp³-hybridized carbons (Fsp3) is 0.0800. The van der Waals surface area contributed by atoms with Gasteiger partial charge in [0.25, 0.3) is 5.56 Å². The van der Waals surface area contributed by atoms with Crippen LogP contribution in [0.15, 0.2) is 82.7 Å². The molecule has 0 spiro atoms. The summed E-state index contributed by atoms with van der Waals surface area (Å²) < 4.78 is 8.56. The van der Waals surface area contributed by atoms with E-state index in [-0.39, 0.29) is 17.2 Å². The number of carbonyl (C=O) groups excluding carboxylic acids is 1. The maximum Gasteiger partial charge on any atom is 0.267 e. The number of anilines is 1. The summed E-state index contributed by atoms with van der Waals surface area (Å²) in [4.78, 5) is 26.0. The van der Waals surface area contributed by atoms with Gasteiger partial charge in [0.2, 0.25) is 11.7 Å². The molecule has 5 rings (SSSR count). The Labute approximate surface area is 203 Å². The van der Waals surface area contributed by atoms with E-state index in [1.165, 1.54) is 16.3 Å². The average molecular weight is 483 g/mol. The number of fused-ring (bicyclic) bond motifs is 3. The number of thioether (sulfide) groups is 1. The van der Waals surface area contributed by atoms with Crippen molar-refractivity contribution in [2.75, 3.05) is 18.2 Å². The number of hydrogen-bond acceptors (Lipinski definition) is 7. The molecule has 0 saturated carbocycles. The summed E-state index contributed by atoms with van der Waals surface area (Å²) in [7, 11) is 1.56. The van der Waals surface area contributed by atoms with Gasteiger partial charge < -0.3 is 10.1 Å². The molecule has 0 atom stereocenters. The Kier molecular flexibility index (Phi) is 5.91. The van der Waals surface area contributed by atoms with Crippen molar-refractivity contribution in [2.24, 2.45) is 0 Å². The molecular formula is C25H18N6O3S. The average Bonchev–Trinajstić information content (AvgIpc) is 3.32. The smallest absolute Gasteiger partial charge is 0.267 e. The molecule has 0 fully saturated rings. The molecule has 35 heavy (non-hydrogen) atoms. The number of nitrogens with zero attached hydrogens (tertiary/aromatic N) is 5. The Morgan fingerprint density at radius 3 is 2.71 bits per heavy atom. The van der Waals surface area contributed by atoms with Crippen LogP contribution in [0.1, 0.15) is 5.56 Å². The molecule has 2 heterocycles. The molecule has 0 radical (unpaired) electrons. The molecule has 0 saturated heterocycles. The van der Waals surface area contributed by atoms with Gasteiger partial charge in [0.15, 0.2) is 5.16 Å². The van der Waals surface area contributed by atoms with Crippen molar-refractivity contribution < 1.29 is 9.53 Å². The van der Waals surface area contributed by atoms with Crippen LogP contribution < -0.4 is 15.6 Å². The third kappa shape index (κ3) is 4.09. The molecule has 0 aliphatic carbocycles. The molecule has 10 heteroatoms. The van der Waals surface area contributed by atoms with Crippen molar-refractivity contribution in [3.05, 3.63) is 88.7 Å². The monoisotopic (exact) mass is 482 g/mol. The minimum absolute atomic E-state index is 0.0349. The molecule has 0 bridgehead atoms. The Bertz CT molecular complexity index is 1680. The number of benzene rings is 3. The summed E-state index contributed by atoms with van der Waals surface area (Å²) in [6, 6.07) is 23.2. The van der Waals surface area contributed by atoms with Gasteiger partial charge in [-0.2, -0.15) is 5.26 Å². The predicted octanol–water partition coefficient (Wildman–Crippen LogP) is 3.64. The lowest BCUT2D eigenvalue weighted by Crippen LogP contribution is -2.22. The maximum absolute atomic E-state index is 13.4. The fourth-order valence-corrected chi connectivity index (χ4v) is 4.50. The van der Waals surface area contributed by atoms with Gasteiger partial charge in [-0.25, -0.2) is 4.57 Å². The van der Waals surface area contributed by atoms with Crippen molar-refractivity contribution in [2.45, 2.75) is 5.16 Å². The number of aromatic nitrogens is 4. The van der Waals surface area contributed by atoms with Gasteiger partial charge >= 0.3 is 0 Å². The van der Waals surface area contributed by atoms with E-state index in [0.717, 1.165) is 0 Å². The van der Waals surface area contributed by atoms with Gasteiger partial charge in [0.05, 0.1) is 40.7 Å². The highest BCUT2D eigenvalue weighted by molar-refractivity contribution is 7.99. The summed E-state index contributed by atoms with van der Waals surface area (Å²) in [5.41, 5.74) is 1.81. The quantitative estimate of drug-likeness (QED) is 0.368. The lowest BCUT2D eigenvalue weighted by Gasteiger charge is -2.12. The minimum Gasteiger partial charge on any atom is -0.497 e. The number of amides is 1. The van der Waals surface area contributed by atoms with Crippen LogP contribution in [0.4, 0.5) is 5.69 Å². The predicted molar refractivity (Wildman–Crippen MR) is 133 cm³/mol. The number of carbonyl (C=O) groups is 1. The normalized spacial score (nSPS) is 10.9. The Hall–Kier alpha value is -4.62. The van der Waals surface area contributed by atoms with Crippen LogP contribution in [0, 0.1) is 11.3 Å². The Morgan fingerprint density at radius 2 is 1.89 bits per heavy atom. The summed E-state index contributed by atoms with van der Waals surface area (Å²) in [6.07, 6.45) is 0. The van der Waals surface area contributed by atoms with Crippen molar-refractivity contribution in [3.8, 4) is 17.5 Å². The van der Waals surface area contributed by atoms with Crippen LogP contribution in [0.25, 0.3) is 22.4 Å². The van der Waals surface area contributed by atoms with E-state index in [9.17, 15) is 14.9 Å². The second kappa shape index (κ2) is 9.32.